The Morgan fingerprint density at radius 3 is 2.92 bits per heavy atom. The van der Waals surface area contributed by atoms with Gasteiger partial charge in [-0.05, 0) is 12.8 Å². The van der Waals surface area contributed by atoms with Crippen LogP contribution in [0, 0.1) is 5.92 Å². The van der Waals surface area contributed by atoms with E-state index >= 15 is 0 Å². The highest BCUT2D eigenvalue weighted by Crippen LogP contribution is 2.37. The van der Waals surface area contributed by atoms with E-state index in [1.807, 2.05) is 28.8 Å². The molecule has 2 aliphatic rings. The van der Waals surface area contributed by atoms with Crippen molar-refractivity contribution in [3.63, 3.8) is 0 Å². The van der Waals surface area contributed by atoms with E-state index in [0.29, 0.717) is 5.92 Å². The average Bonchev–Trinajstić information content (AvgIpc) is 3.00. The fourth-order valence-corrected chi connectivity index (χ4v) is 1.62. The highest BCUT2D eigenvalue weighted by atomic mass is 127. The minimum atomic E-state index is -0.362. The van der Waals surface area contributed by atoms with Crippen LogP contribution in [0.5, 0.6) is 0 Å². The molecule has 70 valence electrons. The molecule has 1 N–H and O–H groups in total. The topological polar surface area (TPSA) is 24.4 Å². The lowest BCUT2D eigenvalue weighted by Crippen LogP contribution is -2.29. The first-order chi connectivity index (χ1) is 6.31. The fourth-order valence-electron chi connectivity index (χ4n) is 1.24. The second kappa shape index (κ2) is 3.77. The first kappa shape index (κ1) is 9.18. The number of hydrogen-bond donors (Lipinski definition) is 1. The van der Waals surface area contributed by atoms with Crippen molar-refractivity contribution in [1.82, 2.24) is 5.32 Å². The van der Waals surface area contributed by atoms with Crippen molar-refractivity contribution in [3.05, 3.63) is 21.8 Å². The summed E-state index contributed by atoms with van der Waals surface area (Å²) < 4.78 is 14.5. The third kappa shape index (κ3) is 2.10. The molecule has 13 heavy (non-hydrogen) atoms. The van der Waals surface area contributed by atoms with Gasteiger partial charge < -0.3 is 5.32 Å². The Bertz CT molecular complexity index is 292. The standard InChI is InChI=1S/C9H10FIN2/c10-7(3-11)9-5-12-8(4-13-9)6-1-2-6/h3-6,9,13H,1-2H2/b7-3+. The van der Waals surface area contributed by atoms with Gasteiger partial charge in [-0.1, -0.05) is 22.6 Å². The van der Waals surface area contributed by atoms with Crippen molar-refractivity contribution in [2.45, 2.75) is 18.9 Å². The number of rotatable bonds is 2. The lowest BCUT2D eigenvalue weighted by molar-refractivity contribution is 0.567. The molecule has 0 spiro atoms. The zero-order valence-corrected chi connectivity index (χ0v) is 9.16. The minimum Gasteiger partial charge on any atom is -0.376 e. The molecule has 1 atom stereocenters. The highest BCUT2D eigenvalue weighted by Gasteiger charge is 2.27. The van der Waals surface area contributed by atoms with Gasteiger partial charge in [0.15, 0.2) is 0 Å². The molecule has 1 aliphatic heterocycles. The molecule has 1 heterocycles. The monoisotopic (exact) mass is 292 g/mol. The van der Waals surface area contributed by atoms with E-state index in [1.54, 1.807) is 6.21 Å². The van der Waals surface area contributed by atoms with Gasteiger partial charge in [-0.15, -0.1) is 0 Å². The molecular weight excluding hydrogens is 282 g/mol. The zero-order chi connectivity index (χ0) is 9.26. The first-order valence-electron chi connectivity index (χ1n) is 4.27. The fraction of sp³-hybridized carbons (Fsp3) is 0.444. The second-order valence-corrected chi connectivity index (χ2v) is 3.88. The van der Waals surface area contributed by atoms with Gasteiger partial charge in [0.1, 0.15) is 11.9 Å². The Morgan fingerprint density at radius 1 is 1.69 bits per heavy atom. The number of allylic oxidation sites excluding steroid dienone is 1. The molecular formula is C9H10FIN2. The predicted octanol–water partition coefficient (Wildman–Crippen LogP) is 2.53. The van der Waals surface area contributed by atoms with E-state index in [1.165, 1.54) is 16.9 Å². The summed E-state index contributed by atoms with van der Waals surface area (Å²) in [6.07, 6.45) is 5.92. The maximum Gasteiger partial charge on any atom is 0.134 e. The molecule has 2 nitrogen and oxygen atoms in total. The third-order valence-corrected chi connectivity index (χ3v) is 2.78. The van der Waals surface area contributed by atoms with Gasteiger partial charge in [0.25, 0.3) is 0 Å². The van der Waals surface area contributed by atoms with Gasteiger partial charge >= 0.3 is 0 Å². The van der Waals surface area contributed by atoms with E-state index in [0.717, 1.165) is 5.70 Å². The Morgan fingerprint density at radius 2 is 2.46 bits per heavy atom. The molecule has 0 aromatic carbocycles. The van der Waals surface area contributed by atoms with E-state index in [-0.39, 0.29) is 11.9 Å². The van der Waals surface area contributed by atoms with Crippen LogP contribution < -0.4 is 5.32 Å². The molecule has 0 radical (unpaired) electrons. The summed E-state index contributed by atoms with van der Waals surface area (Å²) in [6, 6.07) is -0.362. The summed E-state index contributed by atoms with van der Waals surface area (Å²) in [5.41, 5.74) is 1.07. The van der Waals surface area contributed by atoms with Crippen LogP contribution in [0.4, 0.5) is 4.39 Å². The third-order valence-electron chi connectivity index (χ3n) is 2.18. The summed E-state index contributed by atoms with van der Waals surface area (Å²) in [7, 11) is 0. The van der Waals surface area contributed by atoms with Crippen molar-refractivity contribution in [1.29, 1.82) is 0 Å². The molecule has 1 fully saturated rings. The van der Waals surface area contributed by atoms with E-state index in [4.69, 9.17) is 0 Å². The number of nitrogens with zero attached hydrogens (tertiary/aromatic N) is 1. The Balaban J connectivity index is 2.00. The first-order valence-corrected chi connectivity index (χ1v) is 5.52. The largest absolute Gasteiger partial charge is 0.376 e. The number of aliphatic imine (C=N–C) groups is 1. The predicted molar refractivity (Wildman–Crippen MR) is 59.4 cm³/mol. The maximum absolute atomic E-state index is 13.0. The zero-order valence-electron chi connectivity index (χ0n) is 7.00. The minimum absolute atomic E-state index is 0.185. The van der Waals surface area contributed by atoms with Gasteiger partial charge in [0, 0.05) is 22.4 Å². The molecule has 1 aliphatic carbocycles. The van der Waals surface area contributed by atoms with Crippen molar-refractivity contribution < 1.29 is 4.39 Å². The summed E-state index contributed by atoms with van der Waals surface area (Å²) >= 11 is 1.89. The van der Waals surface area contributed by atoms with Crippen LogP contribution in [0.2, 0.25) is 0 Å². The lowest BCUT2D eigenvalue weighted by atomic mass is 10.2. The molecule has 1 saturated carbocycles. The molecule has 0 aromatic rings. The quantitative estimate of drug-likeness (QED) is 0.777. The van der Waals surface area contributed by atoms with Gasteiger partial charge in [-0.3, -0.25) is 4.99 Å². The van der Waals surface area contributed by atoms with Crippen molar-refractivity contribution in [2.75, 3.05) is 0 Å². The summed E-state index contributed by atoms with van der Waals surface area (Å²) in [4.78, 5) is 4.23. The Kier molecular flexibility index (Phi) is 2.66. The van der Waals surface area contributed by atoms with Crippen LogP contribution in [0.3, 0.4) is 0 Å². The van der Waals surface area contributed by atoms with E-state index < -0.39 is 0 Å². The highest BCUT2D eigenvalue weighted by molar-refractivity contribution is 14.1. The van der Waals surface area contributed by atoms with Crippen LogP contribution in [0.1, 0.15) is 12.8 Å². The lowest BCUT2D eigenvalue weighted by Gasteiger charge is -2.15. The summed E-state index contributed by atoms with van der Waals surface area (Å²) in [5, 5.41) is 2.98. The van der Waals surface area contributed by atoms with E-state index in [9.17, 15) is 4.39 Å². The maximum atomic E-state index is 13.0. The molecule has 1 unspecified atom stereocenters. The Labute approximate surface area is 90.1 Å². The molecule has 0 bridgehead atoms. The molecule has 0 amide bonds. The number of halogens is 2. The van der Waals surface area contributed by atoms with Crippen molar-refractivity contribution in [2.24, 2.45) is 10.9 Å². The van der Waals surface area contributed by atoms with Crippen molar-refractivity contribution >= 4 is 28.8 Å². The normalized spacial score (nSPS) is 28.3. The molecule has 4 heteroatoms. The van der Waals surface area contributed by atoms with Gasteiger partial charge in [0.2, 0.25) is 0 Å². The SMILES string of the molecule is F/C(=C/I)C1C=NC(C2CC2)=CN1. The smallest absolute Gasteiger partial charge is 0.134 e. The van der Waals surface area contributed by atoms with Gasteiger partial charge in [0.05, 0.1) is 5.70 Å². The van der Waals surface area contributed by atoms with Crippen LogP contribution in [-0.2, 0) is 0 Å². The van der Waals surface area contributed by atoms with Crippen LogP contribution in [0.25, 0.3) is 0 Å². The van der Waals surface area contributed by atoms with Crippen molar-refractivity contribution in [3.8, 4) is 0 Å². The van der Waals surface area contributed by atoms with Crippen LogP contribution >= 0.6 is 22.6 Å². The molecule has 0 saturated heterocycles. The molecule has 0 aromatic heterocycles. The van der Waals surface area contributed by atoms with Gasteiger partial charge in [-0.2, -0.15) is 0 Å². The summed E-state index contributed by atoms with van der Waals surface area (Å²) in [5.74, 6) is 0.437. The number of hydrogen-bond acceptors (Lipinski definition) is 2. The average molecular weight is 292 g/mol. The van der Waals surface area contributed by atoms with Gasteiger partial charge in [-0.25, -0.2) is 4.39 Å². The van der Waals surface area contributed by atoms with E-state index in [2.05, 4.69) is 10.3 Å². The number of nitrogens with one attached hydrogen (secondary N) is 1. The Hall–Kier alpha value is -0.390. The summed E-state index contributed by atoms with van der Waals surface area (Å²) in [6.45, 7) is 0. The molecule has 2 rings (SSSR count). The van der Waals surface area contributed by atoms with Crippen LogP contribution in [0.15, 0.2) is 26.8 Å². The van der Waals surface area contributed by atoms with Crippen LogP contribution in [-0.4, -0.2) is 12.3 Å². The second-order valence-electron chi connectivity index (χ2n) is 3.26.